The van der Waals surface area contributed by atoms with Crippen LogP contribution in [0.1, 0.15) is 19.3 Å². The van der Waals surface area contributed by atoms with Crippen LogP contribution in [0, 0.1) is 0 Å². The van der Waals surface area contributed by atoms with E-state index in [0.717, 1.165) is 0 Å². The van der Waals surface area contributed by atoms with Gasteiger partial charge in [-0.2, -0.15) is 21.6 Å². The van der Waals surface area contributed by atoms with Crippen molar-refractivity contribution in [2.24, 2.45) is 0 Å². The SMILES string of the molecule is O=S(=O)(OC1=C(Br)C(O)CCC1)C(F)(F)F. The van der Waals surface area contributed by atoms with E-state index in [1.807, 2.05) is 0 Å². The summed E-state index contributed by atoms with van der Waals surface area (Å²) in [4.78, 5) is 0. The number of hydrogen-bond acceptors (Lipinski definition) is 4. The first kappa shape index (κ1) is 13.8. The van der Waals surface area contributed by atoms with Gasteiger partial charge in [0, 0.05) is 6.42 Å². The molecule has 1 atom stereocenters. The highest BCUT2D eigenvalue weighted by atomic mass is 79.9. The minimum absolute atomic E-state index is 0.0347. The number of aliphatic hydroxyl groups excluding tert-OH is 1. The summed E-state index contributed by atoms with van der Waals surface area (Å²) in [5.74, 6) is -0.393. The molecule has 0 bridgehead atoms. The number of hydrogen-bond donors (Lipinski definition) is 1. The molecule has 16 heavy (non-hydrogen) atoms. The van der Waals surface area contributed by atoms with Crippen LogP contribution in [0.4, 0.5) is 13.2 Å². The third kappa shape index (κ3) is 2.89. The summed E-state index contributed by atoms with van der Waals surface area (Å²) in [5.41, 5.74) is -5.46. The molecule has 0 radical (unpaired) electrons. The van der Waals surface area contributed by atoms with Gasteiger partial charge in [-0.05, 0) is 28.8 Å². The molecule has 0 amide bonds. The molecule has 0 aromatic heterocycles. The lowest BCUT2D eigenvalue weighted by Crippen LogP contribution is -2.27. The average Bonchev–Trinajstić information content (AvgIpc) is 2.11. The molecule has 0 aliphatic heterocycles. The van der Waals surface area contributed by atoms with Gasteiger partial charge in [0.2, 0.25) is 0 Å². The van der Waals surface area contributed by atoms with Crippen LogP contribution in [0.5, 0.6) is 0 Å². The van der Waals surface area contributed by atoms with E-state index in [0.29, 0.717) is 12.8 Å². The topological polar surface area (TPSA) is 63.6 Å². The van der Waals surface area contributed by atoms with E-state index in [4.69, 9.17) is 0 Å². The average molecular weight is 325 g/mol. The van der Waals surface area contributed by atoms with Gasteiger partial charge in [-0.3, -0.25) is 0 Å². The summed E-state index contributed by atoms with van der Waals surface area (Å²) in [6.45, 7) is 0. The number of aliphatic hydroxyl groups is 1. The van der Waals surface area contributed by atoms with Gasteiger partial charge in [0.25, 0.3) is 0 Å². The molecular formula is C7H8BrF3O4S. The number of alkyl halides is 3. The Morgan fingerprint density at radius 1 is 1.44 bits per heavy atom. The second kappa shape index (κ2) is 4.53. The van der Waals surface area contributed by atoms with E-state index >= 15 is 0 Å². The molecule has 0 saturated heterocycles. The maximum Gasteiger partial charge on any atom is 0.534 e. The van der Waals surface area contributed by atoms with Crippen molar-refractivity contribution < 1.29 is 30.9 Å². The van der Waals surface area contributed by atoms with Crippen LogP contribution in [-0.2, 0) is 14.3 Å². The third-order valence-corrected chi connectivity index (χ3v) is 3.89. The first-order valence-corrected chi connectivity index (χ1v) is 6.42. The molecule has 0 heterocycles. The van der Waals surface area contributed by atoms with Crippen LogP contribution in [0.3, 0.4) is 0 Å². The molecule has 94 valence electrons. The van der Waals surface area contributed by atoms with Crippen LogP contribution in [0.2, 0.25) is 0 Å². The van der Waals surface area contributed by atoms with Gasteiger partial charge in [0.1, 0.15) is 5.76 Å². The van der Waals surface area contributed by atoms with Crippen molar-refractivity contribution in [2.75, 3.05) is 0 Å². The third-order valence-electron chi connectivity index (χ3n) is 1.93. The molecule has 0 spiro atoms. The molecular weight excluding hydrogens is 317 g/mol. The minimum Gasteiger partial charge on any atom is -0.388 e. The first-order chi connectivity index (χ1) is 7.15. The van der Waals surface area contributed by atoms with Gasteiger partial charge >= 0.3 is 15.6 Å². The Hall–Kier alpha value is -0.280. The van der Waals surface area contributed by atoms with Crippen molar-refractivity contribution in [1.82, 2.24) is 0 Å². The van der Waals surface area contributed by atoms with E-state index in [9.17, 15) is 26.7 Å². The lowest BCUT2D eigenvalue weighted by atomic mass is 10.0. The number of rotatable bonds is 2. The lowest BCUT2D eigenvalue weighted by molar-refractivity contribution is -0.0525. The van der Waals surface area contributed by atoms with E-state index in [1.54, 1.807) is 0 Å². The summed E-state index contributed by atoms with van der Waals surface area (Å²) in [5, 5.41) is 9.29. The molecule has 0 aromatic carbocycles. The van der Waals surface area contributed by atoms with Gasteiger partial charge in [0.15, 0.2) is 0 Å². The fourth-order valence-electron chi connectivity index (χ4n) is 1.15. The van der Waals surface area contributed by atoms with Crippen molar-refractivity contribution in [3.8, 4) is 0 Å². The van der Waals surface area contributed by atoms with Crippen LogP contribution >= 0.6 is 15.9 Å². The normalized spacial score (nSPS) is 23.4. The molecule has 0 aromatic rings. The molecule has 1 unspecified atom stereocenters. The molecule has 0 fully saturated rings. The van der Waals surface area contributed by atoms with Crippen LogP contribution in [0.25, 0.3) is 0 Å². The summed E-state index contributed by atoms with van der Waals surface area (Å²) < 4.78 is 61.3. The van der Waals surface area contributed by atoms with Crippen molar-refractivity contribution in [3.63, 3.8) is 0 Å². The summed E-state index contributed by atoms with van der Waals surface area (Å²) >= 11 is 2.81. The summed E-state index contributed by atoms with van der Waals surface area (Å²) in [6, 6.07) is 0. The maximum absolute atomic E-state index is 12.0. The Labute approximate surface area is 98.3 Å². The van der Waals surface area contributed by atoms with E-state index in [-0.39, 0.29) is 10.9 Å². The predicted octanol–water partition coefficient (Wildman–Crippen LogP) is 2.00. The summed E-state index contributed by atoms with van der Waals surface area (Å²) in [6.07, 6.45) is -0.280. The second-order valence-corrected chi connectivity index (χ2v) is 5.55. The zero-order valence-electron chi connectivity index (χ0n) is 7.79. The van der Waals surface area contributed by atoms with Crippen LogP contribution < -0.4 is 0 Å². The zero-order valence-corrected chi connectivity index (χ0v) is 10.2. The highest BCUT2D eigenvalue weighted by Crippen LogP contribution is 2.34. The van der Waals surface area contributed by atoms with Crippen molar-refractivity contribution in [3.05, 3.63) is 10.2 Å². The van der Waals surface area contributed by atoms with Gasteiger partial charge in [-0.25, -0.2) is 0 Å². The Morgan fingerprint density at radius 3 is 2.50 bits per heavy atom. The minimum atomic E-state index is -5.65. The Morgan fingerprint density at radius 2 is 2.00 bits per heavy atom. The number of halogens is 4. The van der Waals surface area contributed by atoms with Crippen LogP contribution in [-0.4, -0.2) is 25.1 Å². The zero-order chi connectivity index (χ0) is 12.6. The Balaban J connectivity index is 2.94. The lowest BCUT2D eigenvalue weighted by Gasteiger charge is -2.21. The Bertz CT molecular complexity index is 400. The monoisotopic (exact) mass is 324 g/mol. The fourth-order valence-corrected chi connectivity index (χ4v) is 2.30. The molecule has 9 heteroatoms. The Kier molecular flexibility index (Phi) is 3.91. The van der Waals surface area contributed by atoms with E-state index < -0.39 is 27.5 Å². The highest BCUT2D eigenvalue weighted by Gasteiger charge is 2.49. The smallest absolute Gasteiger partial charge is 0.388 e. The molecule has 4 nitrogen and oxygen atoms in total. The second-order valence-electron chi connectivity index (χ2n) is 3.16. The molecule has 1 aliphatic carbocycles. The molecule has 1 aliphatic rings. The summed E-state index contributed by atoms with van der Waals surface area (Å²) in [7, 11) is -5.65. The van der Waals surface area contributed by atoms with Crippen molar-refractivity contribution in [1.29, 1.82) is 0 Å². The fraction of sp³-hybridized carbons (Fsp3) is 0.714. The standard InChI is InChI=1S/C7H8BrF3O4S/c8-6-4(12)2-1-3-5(6)15-16(13,14)7(9,10)11/h4,12H,1-3H2. The van der Waals surface area contributed by atoms with Crippen molar-refractivity contribution in [2.45, 2.75) is 30.9 Å². The number of allylic oxidation sites excluding steroid dienone is 1. The quantitative estimate of drug-likeness (QED) is 0.623. The largest absolute Gasteiger partial charge is 0.534 e. The maximum atomic E-state index is 12.0. The molecule has 1 rings (SSSR count). The van der Waals surface area contributed by atoms with E-state index in [2.05, 4.69) is 20.1 Å². The molecule has 0 saturated carbocycles. The van der Waals surface area contributed by atoms with Gasteiger partial charge < -0.3 is 9.29 Å². The highest BCUT2D eigenvalue weighted by molar-refractivity contribution is 9.11. The van der Waals surface area contributed by atoms with Crippen molar-refractivity contribution >= 4 is 26.0 Å². The van der Waals surface area contributed by atoms with Gasteiger partial charge in [-0.15, -0.1) is 0 Å². The van der Waals surface area contributed by atoms with Crippen LogP contribution in [0.15, 0.2) is 10.2 Å². The first-order valence-electron chi connectivity index (χ1n) is 4.22. The van der Waals surface area contributed by atoms with Gasteiger partial charge in [0.05, 0.1) is 10.6 Å². The molecule has 1 N–H and O–H groups in total. The van der Waals surface area contributed by atoms with E-state index in [1.165, 1.54) is 0 Å². The predicted molar refractivity (Wildman–Crippen MR) is 51.9 cm³/mol. The van der Waals surface area contributed by atoms with Gasteiger partial charge in [-0.1, -0.05) is 0 Å².